The SMILES string of the molecule is CNc1ncnc(Sc2nnc(C)s2)c1OC. The molecule has 90 valence electrons. The van der Waals surface area contributed by atoms with Gasteiger partial charge < -0.3 is 10.1 Å². The molecule has 8 heteroatoms. The van der Waals surface area contributed by atoms with Crippen molar-refractivity contribution in [2.45, 2.75) is 16.3 Å². The highest BCUT2D eigenvalue weighted by molar-refractivity contribution is 8.01. The summed E-state index contributed by atoms with van der Waals surface area (Å²) in [7, 11) is 3.38. The van der Waals surface area contributed by atoms with E-state index in [2.05, 4.69) is 25.5 Å². The zero-order valence-corrected chi connectivity index (χ0v) is 11.2. The molecule has 0 saturated heterocycles. The number of nitrogens with zero attached hydrogens (tertiary/aromatic N) is 4. The molecule has 6 nitrogen and oxygen atoms in total. The maximum absolute atomic E-state index is 5.29. The van der Waals surface area contributed by atoms with Gasteiger partial charge in [-0.05, 0) is 18.7 Å². The van der Waals surface area contributed by atoms with E-state index in [9.17, 15) is 0 Å². The third kappa shape index (κ3) is 2.64. The van der Waals surface area contributed by atoms with Gasteiger partial charge in [0.2, 0.25) is 0 Å². The molecule has 2 aromatic heterocycles. The molecule has 0 amide bonds. The molecule has 17 heavy (non-hydrogen) atoms. The largest absolute Gasteiger partial charge is 0.490 e. The number of nitrogens with one attached hydrogen (secondary N) is 1. The molecule has 0 unspecified atom stereocenters. The summed E-state index contributed by atoms with van der Waals surface area (Å²) in [5, 5.41) is 12.6. The van der Waals surface area contributed by atoms with E-state index in [0.29, 0.717) is 11.6 Å². The minimum Gasteiger partial charge on any atom is -0.490 e. The minimum absolute atomic E-state index is 0.618. The first-order valence-corrected chi connectivity index (χ1v) is 6.42. The Morgan fingerprint density at radius 2 is 2.18 bits per heavy atom. The predicted molar refractivity (Wildman–Crippen MR) is 66.9 cm³/mol. The Hall–Kier alpha value is -1.41. The van der Waals surface area contributed by atoms with Gasteiger partial charge in [-0.15, -0.1) is 10.2 Å². The molecular weight excluding hydrogens is 258 g/mol. The molecule has 0 aliphatic rings. The van der Waals surface area contributed by atoms with Gasteiger partial charge in [-0.1, -0.05) is 11.3 Å². The van der Waals surface area contributed by atoms with Crippen LogP contribution in [0.1, 0.15) is 5.01 Å². The smallest absolute Gasteiger partial charge is 0.194 e. The van der Waals surface area contributed by atoms with Crippen LogP contribution in [0.25, 0.3) is 0 Å². The van der Waals surface area contributed by atoms with Crippen molar-refractivity contribution in [3.05, 3.63) is 11.3 Å². The highest BCUT2D eigenvalue weighted by Gasteiger charge is 2.14. The van der Waals surface area contributed by atoms with Crippen LogP contribution in [0.5, 0.6) is 5.75 Å². The molecule has 2 rings (SSSR count). The monoisotopic (exact) mass is 269 g/mol. The summed E-state index contributed by atoms with van der Waals surface area (Å²) in [5.41, 5.74) is 0. The summed E-state index contributed by atoms with van der Waals surface area (Å²) in [5.74, 6) is 1.28. The van der Waals surface area contributed by atoms with Crippen LogP contribution in [0.15, 0.2) is 15.7 Å². The maximum Gasteiger partial charge on any atom is 0.194 e. The highest BCUT2D eigenvalue weighted by atomic mass is 32.2. The van der Waals surface area contributed by atoms with Gasteiger partial charge in [-0.2, -0.15) is 0 Å². The summed E-state index contributed by atoms with van der Waals surface area (Å²) in [6.07, 6.45) is 1.49. The van der Waals surface area contributed by atoms with E-state index in [4.69, 9.17) is 4.74 Å². The molecule has 1 N–H and O–H groups in total. The normalized spacial score (nSPS) is 10.3. The summed E-state index contributed by atoms with van der Waals surface area (Å²) in [6, 6.07) is 0. The lowest BCUT2D eigenvalue weighted by Gasteiger charge is -2.09. The molecule has 0 spiro atoms. The lowest BCUT2D eigenvalue weighted by atomic mass is 10.5. The maximum atomic E-state index is 5.29. The van der Waals surface area contributed by atoms with Crippen molar-refractivity contribution in [3.8, 4) is 5.75 Å². The number of hydrogen-bond donors (Lipinski definition) is 1. The quantitative estimate of drug-likeness (QED) is 0.849. The highest BCUT2D eigenvalue weighted by Crippen LogP contribution is 2.37. The first-order chi connectivity index (χ1) is 8.24. The first-order valence-electron chi connectivity index (χ1n) is 4.79. The fourth-order valence-electron chi connectivity index (χ4n) is 1.19. The van der Waals surface area contributed by atoms with Gasteiger partial charge >= 0.3 is 0 Å². The fraction of sp³-hybridized carbons (Fsp3) is 0.333. The molecule has 0 aromatic carbocycles. The standard InChI is InChI=1S/C9H11N5OS2/c1-5-13-14-9(16-5)17-8-6(15-3)7(10-2)11-4-12-8/h4H,1-3H3,(H,10,11,12). The molecule has 0 aliphatic carbocycles. The van der Waals surface area contributed by atoms with E-state index in [-0.39, 0.29) is 0 Å². The van der Waals surface area contributed by atoms with Crippen LogP contribution in [0.3, 0.4) is 0 Å². The van der Waals surface area contributed by atoms with Crippen molar-refractivity contribution in [1.29, 1.82) is 0 Å². The Kier molecular flexibility index (Phi) is 3.75. The van der Waals surface area contributed by atoms with Gasteiger partial charge in [0.1, 0.15) is 11.3 Å². The van der Waals surface area contributed by atoms with E-state index in [1.54, 1.807) is 14.2 Å². The van der Waals surface area contributed by atoms with Crippen molar-refractivity contribution < 1.29 is 4.74 Å². The number of hydrogen-bond acceptors (Lipinski definition) is 8. The van der Waals surface area contributed by atoms with Crippen LogP contribution in [-0.4, -0.2) is 34.3 Å². The van der Waals surface area contributed by atoms with E-state index in [1.165, 1.54) is 29.4 Å². The van der Waals surface area contributed by atoms with Crippen LogP contribution < -0.4 is 10.1 Å². The van der Waals surface area contributed by atoms with Crippen molar-refractivity contribution >= 4 is 28.9 Å². The summed E-state index contributed by atoms with van der Waals surface area (Å²) < 4.78 is 6.13. The molecule has 0 aliphatic heterocycles. The summed E-state index contributed by atoms with van der Waals surface area (Å²) in [6.45, 7) is 1.91. The molecule has 2 heterocycles. The average Bonchev–Trinajstić information content (AvgIpc) is 2.74. The average molecular weight is 269 g/mol. The van der Waals surface area contributed by atoms with Crippen LogP contribution in [-0.2, 0) is 0 Å². The van der Waals surface area contributed by atoms with Crippen molar-refractivity contribution in [2.75, 3.05) is 19.5 Å². The van der Waals surface area contributed by atoms with Crippen LogP contribution in [0.4, 0.5) is 5.82 Å². The van der Waals surface area contributed by atoms with E-state index < -0.39 is 0 Å². The number of methoxy groups -OCH3 is 1. The van der Waals surface area contributed by atoms with Crippen molar-refractivity contribution in [3.63, 3.8) is 0 Å². The second kappa shape index (κ2) is 5.28. The van der Waals surface area contributed by atoms with Gasteiger partial charge in [-0.25, -0.2) is 9.97 Å². The molecule has 0 radical (unpaired) electrons. The Morgan fingerprint density at radius 3 is 2.76 bits per heavy atom. The zero-order chi connectivity index (χ0) is 12.3. The Morgan fingerprint density at radius 1 is 1.35 bits per heavy atom. The Labute approximate surface area is 107 Å². The van der Waals surface area contributed by atoms with Crippen LogP contribution >= 0.6 is 23.1 Å². The number of aryl methyl sites for hydroxylation is 1. The lowest BCUT2D eigenvalue weighted by molar-refractivity contribution is 0.400. The topological polar surface area (TPSA) is 72.8 Å². The molecular formula is C9H11N5OS2. The van der Waals surface area contributed by atoms with E-state index in [0.717, 1.165) is 14.4 Å². The number of ether oxygens (including phenoxy) is 1. The first kappa shape index (κ1) is 12.1. The predicted octanol–water partition coefficient (Wildman–Crippen LogP) is 1.84. The Bertz CT molecular complexity index is 516. The van der Waals surface area contributed by atoms with Crippen LogP contribution in [0.2, 0.25) is 0 Å². The van der Waals surface area contributed by atoms with Crippen molar-refractivity contribution in [2.24, 2.45) is 0 Å². The molecule has 0 atom stereocenters. The molecule has 2 aromatic rings. The second-order valence-corrected chi connectivity index (χ2v) is 5.42. The van der Waals surface area contributed by atoms with Crippen LogP contribution in [0, 0.1) is 6.92 Å². The Balaban J connectivity index is 2.32. The fourth-order valence-corrected chi connectivity index (χ4v) is 3.00. The summed E-state index contributed by atoms with van der Waals surface area (Å²) >= 11 is 2.94. The molecule has 0 bridgehead atoms. The third-order valence-corrected chi connectivity index (χ3v) is 3.78. The third-order valence-electron chi connectivity index (χ3n) is 1.90. The van der Waals surface area contributed by atoms with Gasteiger partial charge in [0.25, 0.3) is 0 Å². The molecule has 0 fully saturated rings. The van der Waals surface area contributed by atoms with Crippen molar-refractivity contribution in [1.82, 2.24) is 20.2 Å². The minimum atomic E-state index is 0.618. The van der Waals surface area contributed by atoms with Gasteiger partial charge in [0, 0.05) is 7.05 Å². The van der Waals surface area contributed by atoms with Gasteiger partial charge in [0.05, 0.1) is 7.11 Å². The van der Waals surface area contributed by atoms with E-state index >= 15 is 0 Å². The number of aromatic nitrogens is 4. The molecule has 0 saturated carbocycles. The van der Waals surface area contributed by atoms with Gasteiger partial charge in [-0.3, -0.25) is 0 Å². The lowest BCUT2D eigenvalue weighted by Crippen LogP contribution is -1.99. The second-order valence-electron chi connectivity index (χ2n) is 3.00. The van der Waals surface area contributed by atoms with Gasteiger partial charge in [0.15, 0.2) is 20.9 Å². The van der Waals surface area contributed by atoms with E-state index in [1.807, 2.05) is 6.92 Å². The summed E-state index contributed by atoms with van der Waals surface area (Å²) in [4.78, 5) is 8.27. The number of anilines is 1. The number of rotatable bonds is 4. The zero-order valence-electron chi connectivity index (χ0n) is 9.59.